The van der Waals surface area contributed by atoms with E-state index >= 15 is 0 Å². The Morgan fingerprint density at radius 1 is 0.900 bits per heavy atom. The van der Waals surface area contributed by atoms with E-state index in [-0.39, 0.29) is 6.04 Å². The minimum absolute atomic E-state index is 0.221. The van der Waals surface area contributed by atoms with Gasteiger partial charge in [-0.05, 0) is 49.3 Å². The first-order valence-electron chi connectivity index (χ1n) is 10.9. The summed E-state index contributed by atoms with van der Waals surface area (Å²) in [6, 6.07) is 12.7. The highest BCUT2D eigenvalue weighted by Crippen LogP contribution is 2.39. The summed E-state index contributed by atoms with van der Waals surface area (Å²) in [5.41, 5.74) is 0.997. The second-order valence-electron chi connectivity index (χ2n) is 8.15. The number of aryl methyl sites for hydroxylation is 1. The van der Waals surface area contributed by atoms with E-state index in [1.165, 1.54) is 19.3 Å². The Morgan fingerprint density at radius 2 is 1.87 bits per heavy atom. The molecule has 6 rings (SSSR count). The zero-order chi connectivity index (χ0) is 19.9. The van der Waals surface area contributed by atoms with Crippen LogP contribution in [-0.2, 0) is 13.0 Å². The molecule has 4 aromatic rings. The lowest BCUT2D eigenvalue weighted by atomic mass is 10.1. The molecule has 7 heteroatoms. The van der Waals surface area contributed by atoms with E-state index in [4.69, 9.17) is 9.97 Å². The molecule has 0 radical (unpaired) electrons. The molecule has 1 atom stereocenters. The summed E-state index contributed by atoms with van der Waals surface area (Å²) >= 11 is 1.69. The number of anilines is 1. The van der Waals surface area contributed by atoms with Crippen molar-refractivity contribution in [3.8, 4) is 10.7 Å². The maximum Gasteiger partial charge on any atom is 0.172 e. The molecule has 1 unspecified atom stereocenters. The number of rotatable bonds is 3. The molecule has 2 aliphatic rings. The average molecular weight is 417 g/mol. The first kappa shape index (κ1) is 18.0. The van der Waals surface area contributed by atoms with Crippen LogP contribution in [0.4, 0.5) is 5.82 Å². The predicted octanol–water partition coefficient (Wildman–Crippen LogP) is 5.02. The van der Waals surface area contributed by atoms with Crippen LogP contribution in [0.5, 0.6) is 0 Å². The van der Waals surface area contributed by atoms with Crippen molar-refractivity contribution >= 4 is 28.1 Å². The van der Waals surface area contributed by atoms with Crippen LogP contribution in [0, 0.1) is 0 Å². The summed E-state index contributed by atoms with van der Waals surface area (Å²) in [6.45, 7) is 2.02. The van der Waals surface area contributed by atoms with E-state index in [1.807, 2.05) is 0 Å². The SMILES string of the molecule is c1csc(-c2nc(N3CCCC3c3nnc4n3CCCCC4)c3ccccc3n2)c1. The van der Waals surface area contributed by atoms with Crippen molar-refractivity contribution in [2.45, 2.75) is 51.1 Å². The first-order valence-corrected chi connectivity index (χ1v) is 11.8. The van der Waals surface area contributed by atoms with Gasteiger partial charge in [-0.2, -0.15) is 0 Å². The highest BCUT2D eigenvalue weighted by molar-refractivity contribution is 7.13. The lowest BCUT2D eigenvalue weighted by Crippen LogP contribution is -2.27. The second kappa shape index (κ2) is 7.47. The van der Waals surface area contributed by atoms with Crippen LogP contribution in [0.1, 0.15) is 49.8 Å². The van der Waals surface area contributed by atoms with Crippen molar-refractivity contribution in [1.82, 2.24) is 24.7 Å². The Hall–Kier alpha value is -2.80. The van der Waals surface area contributed by atoms with E-state index in [1.54, 1.807) is 11.3 Å². The van der Waals surface area contributed by atoms with Gasteiger partial charge < -0.3 is 9.47 Å². The van der Waals surface area contributed by atoms with Gasteiger partial charge in [0.05, 0.1) is 16.4 Å². The van der Waals surface area contributed by atoms with Crippen LogP contribution in [0.15, 0.2) is 41.8 Å². The van der Waals surface area contributed by atoms with Crippen LogP contribution in [-0.4, -0.2) is 31.3 Å². The first-order chi connectivity index (χ1) is 14.9. The fourth-order valence-corrected chi connectivity index (χ4v) is 5.50. The standard InChI is InChI=1S/C23H24N6S/c1-2-12-20-26-27-23(29(20)13-5-1)18-10-6-14-28(18)22-16-8-3-4-9-17(16)24-21(25-22)19-11-7-15-30-19/h3-4,7-9,11,15,18H,1-2,5-6,10,12-14H2. The number of benzene rings is 1. The van der Waals surface area contributed by atoms with Crippen molar-refractivity contribution in [2.75, 3.05) is 11.4 Å². The van der Waals surface area contributed by atoms with Gasteiger partial charge in [0, 0.05) is 24.9 Å². The number of hydrogen-bond acceptors (Lipinski definition) is 6. The van der Waals surface area contributed by atoms with Crippen LogP contribution in [0.2, 0.25) is 0 Å². The molecule has 0 N–H and O–H groups in total. The van der Waals surface area contributed by atoms with Gasteiger partial charge in [0.25, 0.3) is 0 Å². The van der Waals surface area contributed by atoms with E-state index in [9.17, 15) is 0 Å². The van der Waals surface area contributed by atoms with Crippen molar-refractivity contribution in [3.63, 3.8) is 0 Å². The Kier molecular flexibility index (Phi) is 4.48. The quantitative estimate of drug-likeness (QED) is 0.469. The Morgan fingerprint density at radius 3 is 2.80 bits per heavy atom. The third kappa shape index (κ3) is 2.99. The molecule has 5 heterocycles. The summed E-state index contributed by atoms with van der Waals surface area (Å²) in [7, 11) is 0. The monoisotopic (exact) mass is 416 g/mol. The summed E-state index contributed by atoms with van der Waals surface area (Å²) < 4.78 is 2.39. The number of fused-ring (bicyclic) bond motifs is 2. The molecule has 0 spiro atoms. The smallest absolute Gasteiger partial charge is 0.172 e. The molecule has 6 nitrogen and oxygen atoms in total. The number of nitrogens with zero attached hydrogens (tertiary/aromatic N) is 6. The third-order valence-corrected chi connectivity index (χ3v) is 7.15. The summed E-state index contributed by atoms with van der Waals surface area (Å²) in [4.78, 5) is 13.5. The van der Waals surface area contributed by atoms with E-state index < -0.39 is 0 Å². The Labute approximate surface area is 179 Å². The molecular formula is C23H24N6S. The van der Waals surface area contributed by atoms with Gasteiger partial charge in [-0.15, -0.1) is 21.5 Å². The van der Waals surface area contributed by atoms with Gasteiger partial charge in [0.2, 0.25) is 0 Å². The van der Waals surface area contributed by atoms with Crippen molar-refractivity contribution in [2.24, 2.45) is 0 Å². The molecule has 3 aromatic heterocycles. The molecular weight excluding hydrogens is 392 g/mol. The fourth-order valence-electron chi connectivity index (χ4n) is 4.84. The minimum Gasteiger partial charge on any atom is -0.346 e. The van der Waals surface area contributed by atoms with Crippen LogP contribution in [0.25, 0.3) is 21.6 Å². The number of para-hydroxylation sites is 1. The van der Waals surface area contributed by atoms with E-state index in [0.29, 0.717) is 0 Å². The van der Waals surface area contributed by atoms with E-state index in [2.05, 4.69) is 61.4 Å². The van der Waals surface area contributed by atoms with Gasteiger partial charge in [0.1, 0.15) is 11.6 Å². The van der Waals surface area contributed by atoms with Crippen molar-refractivity contribution in [1.29, 1.82) is 0 Å². The molecule has 0 amide bonds. The van der Waals surface area contributed by atoms with Crippen molar-refractivity contribution < 1.29 is 0 Å². The fraction of sp³-hybridized carbons (Fsp3) is 0.391. The van der Waals surface area contributed by atoms with Gasteiger partial charge in [0.15, 0.2) is 11.6 Å². The van der Waals surface area contributed by atoms with Gasteiger partial charge >= 0.3 is 0 Å². The highest BCUT2D eigenvalue weighted by Gasteiger charge is 2.33. The zero-order valence-corrected chi connectivity index (χ0v) is 17.7. The zero-order valence-electron chi connectivity index (χ0n) is 16.9. The van der Waals surface area contributed by atoms with Crippen molar-refractivity contribution in [3.05, 3.63) is 53.4 Å². The van der Waals surface area contributed by atoms with Gasteiger partial charge in [-0.1, -0.05) is 24.6 Å². The molecule has 1 saturated heterocycles. The normalized spacial score (nSPS) is 19.2. The largest absolute Gasteiger partial charge is 0.346 e. The molecule has 0 saturated carbocycles. The molecule has 1 fully saturated rings. The molecule has 0 aliphatic carbocycles. The summed E-state index contributed by atoms with van der Waals surface area (Å²) in [5.74, 6) is 4.10. The molecule has 30 heavy (non-hydrogen) atoms. The molecule has 2 aliphatic heterocycles. The lowest BCUT2D eigenvalue weighted by molar-refractivity contribution is 0.558. The van der Waals surface area contributed by atoms with E-state index in [0.717, 1.165) is 71.4 Å². The van der Waals surface area contributed by atoms with Crippen LogP contribution < -0.4 is 4.90 Å². The predicted molar refractivity (Wildman–Crippen MR) is 120 cm³/mol. The summed E-state index contributed by atoms with van der Waals surface area (Å²) in [5, 5.41) is 12.4. The molecule has 1 aromatic carbocycles. The average Bonchev–Trinajstić information content (AvgIpc) is 3.52. The number of hydrogen-bond donors (Lipinski definition) is 0. The Bertz CT molecular complexity index is 1180. The summed E-state index contributed by atoms with van der Waals surface area (Å²) in [6.07, 6.45) is 6.97. The van der Waals surface area contributed by atoms with Gasteiger partial charge in [-0.3, -0.25) is 0 Å². The van der Waals surface area contributed by atoms with Gasteiger partial charge in [-0.25, -0.2) is 9.97 Å². The number of thiophene rings is 1. The molecule has 0 bridgehead atoms. The second-order valence-corrected chi connectivity index (χ2v) is 9.10. The number of aromatic nitrogens is 5. The maximum absolute atomic E-state index is 5.08. The van der Waals surface area contributed by atoms with Crippen LogP contribution >= 0.6 is 11.3 Å². The lowest BCUT2D eigenvalue weighted by Gasteiger charge is -2.27. The Balaban J connectivity index is 1.48. The third-order valence-electron chi connectivity index (χ3n) is 6.29. The maximum atomic E-state index is 5.08. The molecule has 152 valence electrons. The highest BCUT2D eigenvalue weighted by atomic mass is 32.1. The minimum atomic E-state index is 0.221. The topological polar surface area (TPSA) is 59.7 Å². The van der Waals surface area contributed by atoms with Crippen LogP contribution in [0.3, 0.4) is 0 Å².